The Morgan fingerprint density at radius 1 is 1.60 bits per heavy atom. The summed E-state index contributed by atoms with van der Waals surface area (Å²) in [4.78, 5) is 18.4. The summed E-state index contributed by atoms with van der Waals surface area (Å²) in [7, 11) is 1.71. The van der Waals surface area contributed by atoms with Crippen molar-refractivity contribution >= 4 is 5.91 Å². The first-order valence-corrected chi connectivity index (χ1v) is 7.05. The maximum atomic E-state index is 12.3. The lowest BCUT2D eigenvalue weighted by Gasteiger charge is -2.23. The van der Waals surface area contributed by atoms with Gasteiger partial charge in [-0.15, -0.1) is 0 Å². The van der Waals surface area contributed by atoms with Gasteiger partial charge in [-0.05, 0) is 18.6 Å². The molecule has 2 fully saturated rings. The zero-order valence-electron chi connectivity index (χ0n) is 11.7. The van der Waals surface area contributed by atoms with Gasteiger partial charge in [0.25, 0.3) is 0 Å². The Morgan fingerprint density at radius 3 is 3.20 bits per heavy atom. The lowest BCUT2D eigenvalue weighted by atomic mass is 9.98. The van der Waals surface area contributed by atoms with Crippen LogP contribution in [0.5, 0.6) is 0 Å². The molecule has 1 amide bonds. The summed E-state index contributed by atoms with van der Waals surface area (Å²) in [6.45, 7) is 2.08. The molecule has 20 heavy (non-hydrogen) atoms. The van der Waals surface area contributed by atoms with Crippen LogP contribution >= 0.6 is 0 Å². The second-order valence-electron chi connectivity index (χ2n) is 5.62. The Hall–Kier alpha value is -1.46. The number of likely N-dealkylation sites (tertiary alicyclic amines) is 1. The molecule has 2 aliphatic heterocycles. The maximum Gasteiger partial charge on any atom is 0.228 e. The molecule has 1 spiro atoms. The van der Waals surface area contributed by atoms with Crippen molar-refractivity contribution in [3.63, 3.8) is 0 Å². The first-order chi connectivity index (χ1) is 9.71. The fraction of sp³-hybridized carbons (Fsp3) is 0.600. The van der Waals surface area contributed by atoms with Crippen LogP contribution in [0.4, 0.5) is 0 Å². The van der Waals surface area contributed by atoms with Crippen LogP contribution in [0.25, 0.3) is 0 Å². The van der Waals surface area contributed by atoms with E-state index in [9.17, 15) is 4.79 Å². The summed E-state index contributed by atoms with van der Waals surface area (Å²) in [5.41, 5.74) is 0.640. The lowest BCUT2D eigenvalue weighted by molar-refractivity contribution is -0.130. The molecule has 0 unspecified atom stereocenters. The summed E-state index contributed by atoms with van der Waals surface area (Å²) in [5, 5.41) is 0. The molecule has 0 N–H and O–H groups in total. The summed E-state index contributed by atoms with van der Waals surface area (Å²) in [6, 6.07) is 5.65. The Bertz CT molecular complexity index is 479. The number of rotatable bonds is 3. The number of hydrogen-bond donors (Lipinski definition) is 0. The van der Waals surface area contributed by atoms with Gasteiger partial charge in [0, 0.05) is 38.5 Å². The van der Waals surface area contributed by atoms with Crippen molar-refractivity contribution < 1.29 is 14.3 Å². The molecule has 108 valence electrons. The van der Waals surface area contributed by atoms with Gasteiger partial charge in [0.05, 0.1) is 24.7 Å². The van der Waals surface area contributed by atoms with Crippen LogP contribution < -0.4 is 0 Å². The maximum absolute atomic E-state index is 12.3. The number of nitrogens with zero attached hydrogens (tertiary/aromatic N) is 2. The second kappa shape index (κ2) is 5.50. The van der Waals surface area contributed by atoms with E-state index in [1.165, 1.54) is 0 Å². The molecule has 2 saturated heterocycles. The molecule has 0 radical (unpaired) electrons. The molecule has 1 aromatic rings. The van der Waals surface area contributed by atoms with Crippen LogP contribution in [-0.2, 0) is 20.7 Å². The second-order valence-corrected chi connectivity index (χ2v) is 5.62. The highest BCUT2D eigenvalue weighted by Crippen LogP contribution is 2.36. The van der Waals surface area contributed by atoms with Gasteiger partial charge in [-0.25, -0.2) is 0 Å². The minimum atomic E-state index is -0.180. The minimum Gasteiger partial charge on any atom is -0.379 e. The van der Waals surface area contributed by atoms with Crippen molar-refractivity contribution in [2.45, 2.75) is 31.0 Å². The number of aromatic nitrogens is 1. The quantitative estimate of drug-likeness (QED) is 0.827. The average molecular weight is 276 g/mol. The SMILES string of the molecule is CO[C@H]1CO[C@]2(CCN(C(=O)Cc3ccccn3)C2)C1. The number of ether oxygens (including phenoxy) is 2. The predicted molar refractivity (Wildman–Crippen MR) is 73.2 cm³/mol. The van der Waals surface area contributed by atoms with E-state index in [0.29, 0.717) is 19.6 Å². The van der Waals surface area contributed by atoms with Crippen molar-refractivity contribution in [3.8, 4) is 0 Å². The van der Waals surface area contributed by atoms with Crippen LogP contribution in [0, 0.1) is 0 Å². The van der Waals surface area contributed by atoms with Crippen LogP contribution in [-0.4, -0.2) is 54.3 Å². The molecular formula is C15H20N2O3. The van der Waals surface area contributed by atoms with E-state index in [-0.39, 0.29) is 17.6 Å². The topological polar surface area (TPSA) is 51.7 Å². The molecule has 0 saturated carbocycles. The van der Waals surface area contributed by atoms with E-state index < -0.39 is 0 Å². The van der Waals surface area contributed by atoms with Crippen LogP contribution in [0.2, 0.25) is 0 Å². The Labute approximate surface area is 118 Å². The monoisotopic (exact) mass is 276 g/mol. The summed E-state index contributed by atoms with van der Waals surface area (Å²) in [6.07, 6.45) is 4.04. The third-order valence-electron chi connectivity index (χ3n) is 4.24. The molecule has 3 heterocycles. The van der Waals surface area contributed by atoms with E-state index in [1.807, 2.05) is 23.1 Å². The molecular weight excluding hydrogens is 256 g/mol. The van der Waals surface area contributed by atoms with Crippen molar-refractivity contribution in [3.05, 3.63) is 30.1 Å². The number of pyridine rings is 1. The molecule has 0 aliphatic carbocycles. The molecule has 2 atom stereocenters. The molecule has 2 aliphatic rings. The number of hydrogen-bond acceptors (Lipinski definition) is 4. The number of amides is 1. The van der Waals surface area contributed by atoms with E-state index in [1.54, 1.807) is 13.3 Å². The molecule has 5 nitrogen and oxygen atoms in total. The van der Waals surface area contributed by atoms with Gasteiger partial charge in [0.1, 0.15) is 0 Å². The van der Waals surface area contributed by atoms with Crippen molar-refractivity contribution in [2.24, 2.45) is 0 Å². The highest BCUT2D eigenvalue weighted by molar-refractivity contribution is 5.78. The van der Waals surface area contributed by atoms with Gasteiger partial charge >= 0.3 is 0 Å². The van der Waals surface area contributed by atoms with Gasteiger partial charge < -0.3 is 14.4 Å². The summed E-state index contributed by atoms with van der Waals surface area (Å²) < 4.78 is 11.3. The summed E-state index contributed by atoms with van der Waals surface area (Å²) in [5.74, 6) is 0.130. The van der Waals surface area contributed by atoms with Gasteiger partial charge in [-0.3, -0.25) is 9.78 Å². The zero-order valence-corrected chi connectivity index (χ0v) is 11.7. The minimum absolute atomic E-state index is 0.130. The van der Waals surface area contributed by atoms with E-state index in [2.05, 4.69) is 4.98 Å². The van der Waals surface area contributed by atoms with Crippen LogP contribution in [0.3, 0.4) is 0 Å². The molecule has 5 heteroatoms. The fourth-order valence-corrected chi connectivity index (χ4v) is 3.07. The Kier molecular flexibility index (Phi) is 3.72. The highest BCUT2D eigenvalue weighted by atomic mass is 16.6. The van der Waals surface area contributed by atoms with Crippen molar-refractivity contribution in [2.75, 3.05) is 26.8 Å². The third kappa shape index (κ3) is 2.69. The molecule has 3 rings (SSSR count). The number of carbonyl (C=O) groups excluding carboxylic acids is 1. The van der Waals surface area contributed by atoms with Crippen LogP contribution in [0.15, 0.2) is 24.4 Å². The first-order valence-electron chi connectivity index (χ1n) is 7.05. The van der Waals surface area contributed by atoms with E-state index in [0.717, 1.165) is 25.1 Å². The molecule has 1 aromatic heterocycles. The highest BCUT2D eigenvalue weighted by Gasteiger charge is 2.46. The smallest absolute Gasteiger partial charge is 0.228 e. The van der Waals surface area contributed by atoms with Gasteiger partial charge in [-0.2, -0.15) is 0 Å². The van der Waals surface area contributed by atoms with E-state index in [4.69, 9.17) is 9.47 Å². The number of methoxy groups -OCH3 is 1. The van der Waals surface area contributed by atoms with Crippen molar-refractivity contribution in [1.29, 1.82) is 0 Å². The number of carbonyl (C=O) groups is 1. The van der Waals surface area contributed by atoms with Gasteiger partial charge in [0.2, 0.25) is 5.91 Å². The average Bonchev–Trinajstić information content (AvgIpc) is 3.08. The Balaban J connectivity index is 1.59. The summed E-state index contributed by atoms with van der Waals surface area (Å²) >= 11 is 0. The van der Waals surface area contributed by atoms with Crippen molar-refractivity contribution in [1.82, 2.24) is 9.88 Å². The van der Waals surface area contributed by atoms with Gasteiger partial charge in [-0.1, -0.05) is 6.07 Å². The lowest BCUT2D eigenvalue weighted by Crippen LogP contribution is -2.36. The Morgan fingerprint density at radius 2 is 2.50 bits per heavy atom. The normalized spacial score (nSPS) is 29.2. The molecule has 0 aromatic carbocycles. The standard InChI is InChI=1S/C15H20N2O3/c1-19-13-9-15(20-10-13)5-7-17(11-15)14(18)8-12-4-2-3-6-16-12/h2-4,6,13H,5,7-11H2,1H3/t13-,15-/m1/s1. The first kappa shape index (κ1) is 13.5. The molecule has 0 bridgehead atoms. The van der Waals surface area contributed by atoms with Gasteiger partial charge in [0.15, 0.2) is 0 Å². The fourth-order valence-electron chi connectivity index (χ4n) is 3.07. The van der Waals surface area contributed by atoms with E-state index >= 15 is 0 Å². The predicted octanol–water partition coefficient (Wildman–Crippen LogP) is 1.03. The zero-order chi connectivity index (χ0) is 14.0. The van der Waals surface area contributed by atoms with Crippen LogP contribution in [0.1, 0.15) is 18.5 Å². The third-order valence-corrected chi connectivity index (χ3v) is 4.24. The largest absolute Gasteiger partial charge is 0.379 e.